The van der Waals surface area contributed by atoms with Crippen LogP contribution >= 0.6 is 11.6 Å². The Morgan fingerprint density at radius 1 is 1.22 bits per heavy atom. The van der Waals surface area contributed by atoms with Gasteiger partial charge in [0.15, 0.2) is 11.5 Å². The number of likely N-dealkylation sites (tertiary alicyclic amines) is 1. The van der Waals surface area contributed by atoms with Gasteiger partial charge in [-0.25, -0.2) is 0 Å². The Hall–Kier alpha value is -3.03. The fraction of sp³-hybridized carbons (Fsp3) is 0.333. The molecule has 1 unspecified atom stereocenters. The molecule has 0 saturated carbocycles. The summed E-state index contributed by atoms with van der Waals surface area (Å²) in [7, 11) is 4.89. The molecule has 2 aromatic rings. The van der Waals surface area contributed by atoms with E-state index in [1.807, 2.05) is 31.3 Å². The molecule has 0 aliphatic carbocycles. The summed E-state index contributed by atoms with van der Waals surface area (Å²) < 4.78 is 9.91. The second kappa shape index (κ2) is 12.7. The van der Waals surface area contributed by atoms with Crippen LogP contribution in [0.4, 0.5) is 0 Å². The van der Waals surface area contributed by atoms with Crippen LogP contribution in [-0.2, 0) is 16.1 Å². The van der Waals surface area contributed by atoms with Gasteiger partial charge in [0.1, 0.15) is 6.29 Å². The minimum Gasteiger partial charge on any atom is -0.502 e. The van der Waals surface area contributed by atoms with Gasteiger partial charge in [0.25, 0.3) is 0 Å². The Labute approximate surface area is 193 Å². The Bertz CT molecular complexity index is 905. The van der Waals surface area contributed by atoms with Crippen molar-refractivity contribution in [1.82, 2.24) is 10.2 Å². The number of amides is 1. The van der Waals surface area contributed by atoms with Crippen LogP contribution in [0.3, 0.4) is 0 Å². The number of methoxy groups -OCH3 is 2. The van der Waals surface area contributed by atoms with E-state index < -0.39 is 0 Å². The lowest BCUT2D eigenvalue weighted by molar-refractivity contribution is -0.125. The summed E-state index contributed by atoms with van der Waals surface area (Å²) >= 11 is 5.80. The van der Waals surface area contributed by atoms with Crippen molar-refractivity contribution in [1.29, 1.82) is 0 Å². The van der Waals surface area contributed by atoms with Crippen molar-refractivity contribution < 1.29 is 24.2 Å². The first kappa shape index (κ1) is 25.2. The number of hydrogen-bond acceptors (Lipinski definition) is 6. The van der Waals surface area contributed by atoms with Crippen molar-refractivity contribution in [3.05, 3.63) is 58.6 Å². The van der Waals surface area contributed by atoms with Crippen LogP contribution in [0.5, 0.6) is 17.2 Å². The Balaban J connectivity index is 0.000000229. The largest absolute Gasteiger partial charge is 0.502 e. The highest BCUT2D eigenvalue weighted by Gasteiger charge is 2.27. The van der Waals surface area contributed by atoms with Crippen LogP contribution < -0.4 is 14.8 Å². The maximum absolute atomic E-state index is 11.9. The number of benzene rings is 2. The molecular formula is C24H29ClN2O5. The Kier molecular flexibility index (Phi) is 10.0. The van der Waals surface area contributed by atoms with E-state index in [1.165, 1.54) is 20.3 Å². The standard InChI is InChI=1S/C13H17ClN2O.C11H12O4/c1-16-8-2-3-12(16)13(17)15-9-10-4-6-11(14)7-5-10;1-14-9-6-8(4-3-5-12)7-10(15-2)11(9)13/h4-7,12H,2-3,8-9H2,1H3,(H,15,17);3-7,13H,1-2H3/b;4-3+. The van der Waals surface area contributed by atoms with Crippen molar-refractivity contribution in [2.45, 2.75) is 25.4 Å². The van der Waals surface area contributed by atoms with Crippen LogP contribution in [0.1, 0.15) is 24.0 Å². The van der Waals surface area contributed by atoms with Crippen molar-refractivity contribution in [3.8, 4) is 17.2 Å². The summed E-state index contributed by atoms with van der Waals surface area (Å²) in [6.45, 7) is 1.58. The second-order valence-electron chi connectivity index (χ2n) is 7.25. The number of carbonyl (C=O) groups is 2. The van der Waals surface area contributed by atoms with Gasteiger partial charge in [0.05, 0.1) is 20.3 Å². The highest BCUT2D eigenvalue weighted by Crippen LogP contribution is 2.37. The van der Waals surface area contributed by atoms with Gasteiger partial charge < -0.3 is 19.9 Å². The van der Waals surface area contributed by atoms with Gasteiger partial charge in [-0.05, 0) is 67.9 Å². The van der Waals surface area contributed by atoms with Gasteiger partial charge in [0.2, 0.25) is 11.7 Å². The molecule has 3 rings (SSSR count). The first-order chi connectivity index (χ1) is 15.4. The fourth-order valence-electron chi connectivity index (χ4n) is 3.31. The minimum atomic E-state index is -0.0525. The molecule has 1 fully saturated rings. The zero-order valence-electron chi connectivity index (χ0n) is 18.5. The highest BCUT2D eigenvalue weighted by molar-refractivity contribution is 6.30. The van der Waals surface area contributed by atoms with E-state index in [-0.39, 0.29) is 17.7 Å². The zero-order valence-corrected chi connectivity index (χ0v) is 19.3. The van der Waals surface area contributed by atoms with Crippen LogP contribution in [0, 0.1) is 0 Å². The number of ether oxygens (including phenoxy) is 2. The summed E-state index contributed by atoms with van der Waals surface area (Å²) in [5, 5.41) is 13.3. The third kappa shape index (κ3) is 7.28. The molecular weight excluding hydrogens is 432 g/mol. The summed E-state index contributed by atoms with van der Waals surface area (Å²) in [4.78, 5) is 24.2. The Morgan fingerprint density at radius 2 is 1.84 bits per heavy atom. The second-order valence-corrected chi connectivity index (χ2v) is 7.69. The topological polar surface area (TPSA) is 88.1 Å². The van der Waals surface area contributed by atoms with E-state index in [4.69, 9.17) is 21.1 Å². The van der Waals surface area contributed by atoms with Gasteiger partial charge in [-0.1, -0.05) is 29.8 Å². The van der Waals surface area contributed by atoms with E-state index >= 15 is 0 Å². The third-order valence-electron chi connectivity index (χ3n) is 5.07. The molecule has 1 aliphatic rings. The summed E-state index contributed by atoms with van der Waals surface area (Å²) in [6, 6.07) is 10.8. The lowest BCUT2D eigenvalue weighted by Gasteiger charge is -2.18. The quantitative estimate of drug-likeness (QED) is 0.484. The Morgan fingerprint density at radius 3 is 2.34 bits per heavy atom. The molecule has 32 heavy (non-hydrogen) atoms. The molecule has 2 N–H and O–H groups in total. The number of halogens is 1. The number of nitrogens with one attached hydrogen (secondary N) is 1. The number of nitrogens with zero attached hydrogens (tertiary/aromatic N) is 1. The number of aldehydes is 1. The lowest BCUT2D eigenvalue weighted by Crippen LogP contribution is -2.41. The smallest absolute Gasteiger partial charge is 0.237 e. The molecule has 1 saturated heterocycles. The number of carbonyl (C=O) groups excluding carboxylic acids is 2. The molecule has 0 spiro atoms. The third-order valence-corrected chi connectivity index (χ3v) is 5.32. The molecule has 0 radical (unpaired) electrons. The van der Waals surface area contributed by atoms with Crippen molar-refractivity contribution in [3.63, 3.8) is 0 Å². The van der Waals surface area contributed by atoms with Crippen molar-refractivity contribution in [2.75, 3.05) is 27.8 Å². The predicted octanol–water partition coefficient (Wildman–Crippen LogP) is 3.67. The van der Waals surface area contributed by atoms with Crippen LogP contribution in [-0.4, -0.2) is 56.1 Å². The molecule has 1 heterocycles. The number of phenolic OH excluding ortho intramolecular Hbond substituents is 1. The van der Waals surface area contributed by atoms with E-state index in [1.54, 1.807) is 18.2 Å². The number of aromatic hydroxyl groups is 1. The summed E-state index contributed by atoms with van der Waals surface area (Å²) in [6.07, 6.45) is 5.69. The van der Waals surface area contributed by atoms with Gasteiger partial charge in [0, 0.05) is 11.6 Å². The minimum absolute atomic E-state index is 0.0438. The monoisotopic (exact) mass is 460 g/mol. The average molecular weight is 461 g/mol. The molecule has 1 aliphatic heterocycles. The number of phenols is 1. The zero-order chi connectivity index (χ0) is 23.5. The van der Waals surface area contributed by atoms with Crippen molar-refractivity contribution >= 4 is 29.9 Å². The van der Waals surface area contributed by atoms with E-state index in [2.05, 4.69) is 10.2 Å². The number of hydrogen-bond donors (Lipinski definition) is 2. The molecule has 8 heteroatoms. The molecule has 7 nitrogen and oxygen atoms in total. The van der Waals surface area contributed by atoms with Gasteiger partial charge in [-0.15, -0.1) is 0 Å². The number of rotatable bonds is 7. The predicted molar refractivity (Wildman–Crippen MR) is 125 cm³/mol. The van der Waals surface area contributed by atoms with Gasteiger partial charge >= 0.3 is 0 Å². The van der Waals surface area contributed by atoms with Crippen molar-refractivity contribution in [2.24, 2.45) is 0 Å². The van der Waals surface area contributed by atoms with Crippen LogP contribution in [0.15, 0.2) is 42.5 Å². The van der Waals surface area contributed by atoms with Crippen LogP contribution in [0.2, 0.25) is 5.02 Å². The maximum atomic E-state index is 11.9. The van der Waals surface area contributed by atoms with Gasteiger partial charge in [-0.3, -0.25) is 14.5 Å². The normalized spacial score (nSPS) is 15.7. The fourth-order valence-corrected chi connectivity index (χ4v) is 3.44. The van der Waals surface area contributed by atoms with E-state index in [0.717, 1.165) is 30.0 Å². The average Bonchev–Trinajstić information content (AvgIpc) is 3.24. The SMILES string of the molecule is CN1CCCC1C(=O)NCc1ccc(Cl)cc1.COc1cc(/C=C/C=O)cc(OC)c1O. The molecule has 0 aromatic heterocycles. The maximum Gasteiger partial charge on any atom is 0.237 e. The van der Waals surface area contributed by atoms with Crippen LogP contribution in [0.25, 0.3) is 6.08 Å². The highest BCUT2D eigenvalue weighted by atomic mass is 35.5. The van der Waals surface area contributed by atoms with Gasteiger partial charge in [-0.2, -0.15) is 0 Å². The first-order valence-corrected chi connectivity index (χ1v) is 10.6. The molecule has 1 atom stereocenters. The summed E-state index contributed by atoms with van der Waals surface area (Å²) in [5.41, 5.74) is 1.79. The van der Waals surface area contributed by atoms with E-state index in [0.29, 0.717) is 29.9 Å². The van der Waals surface area contributed by atoms with E-state index in [9.17, 15) is 14.7 Å². The number of likely N-dealkylation sites (N-methyl/N-ethyl adjacent to an activating group) is 1. The molecule has 172 valence electrons. The first-order valence-electron chi connectivity index (χ1n) is 10.2. The summed E-state index contributed by atoms with van der Waals surface area (Å²) in [5.74, 6) is 0.683. The molecule has 1 amide bonds. The lowest BCUT2D eigenvalue weighted by atomic mass is 10.1. The molecule has 0 bridgehead atoms. The number of allylic oxidation sites excluding steroid dienone is 1. The molecule has 2 aromatic carbocycles.